The maximum absolute atomic E-state index is 11.8. The molecule has 0 aliphatic rings. The van der Waals surface area contributed by atoms with Gasteiger partial charge in [-0.05, 0) is 19.1 Å². The number of halogens is 1. The van der Waals surface area contributed by atoms with Crippen LogP contribution in [0.1, 0.15) is 11.3 Å². The quantitative estimate of drug-likeness (QED) is 0.773. The lowest BCUT2D eigenvalue weighted by molar-refractivity contribution is 0.782. The Morgan fingerprint density at radius 1 is 1.41 bits per heavy atom. The Kier molecular flexibility index (Phi) is 2.94. The van der Waals surface area contributed by atoms with Gasteiger partial charge in [0, 0.05) is 6.07 Å². The van der Waals surface area contributed by atoms with Crippen molar-refractivity contribution in [1.82, 2.24) is 9.78 Å². The van der Waals surface area contributed by atoms with Gasteiger partial charge in [-0.3, -0.25) is 4.79 Å². The van der Waals surface area contributed by atoms with Crippen LogP contribution in [-0.2, 0) is 0 Å². The van der Waals surface area contributed by atoms with E-state index in [1.165, 1.54) is 10.7 Å². The van der Waals surface area contributed by atoms with Gasteiger partial charge in [-0.15, -0.1) is 0 Å². The van der Waals surface area contributed by atoms with E-state index >= 15 is 0 Å². The van der Waals surface area contributed by atoms with E-state index in [-0.39, 0.29) is 11.1 Å². The van der Waals surface area contributed by atoms with Gasteiger partial charge in [0.05, 0.1) is 22.0 Å². The van der Waals surface area contributed by atoms with Crippen molar-refractivity contribution in [3.8, 4) is 11.8 Å². The standard InChI is InChI=1S/C12H8ClN3O/c1-8-9(7-14)6-12(17)16(15-8)11-5-3-2-4-10(11)13/h2-6H,1H3. The van der Waals surface area contributed by atoms with E-state index in [0.29, 0.717) is 16.4 Å². The molecule has 0 aliphatic heterocycles. The lowest BCUT2D eigenvalue weighted by Crippen LogP contribution is -2.22. The van der Waals surface area contributed by atoms with E-state index in [4.69, 9.17) is 16.9 Å². The Bertz CT molecular complexity index is 670. The second-order valence-corrected chi connectivity index (χ2v) is 3.86. The van der Waals surface area contributed by atoms with Crippen LogP contribution in [-0.4, -0.2) is 9.78 Å². The zero-order valence-electron chi connectivity index (χ0n) is 9.01. The molecule has 5 heteroatoms. The summed E-state index contributed by atoms with van der Waals surface area (Å²) in [6, 6.07) is 10.1. The Morgan fingerprint density at radius 3 is 2.76 bits per heavy atom. The van der Waals surface area contributed by atoms with Gasteiger partial charge in [0.25, 0.3) is 5.56 Å². The molecule has 0 spiro atoms. The number of benzene rings is 1. The van der Waals surface area contributed by atoms with Crippen molar-refractivity contribution in [1.29, 1.82) is 5.26 Å². The molecule has 0 N–H and O–H groups in total. The SMILES string of the molecule is Cc1nn(-c2ccccc2Cl)c(=O)cc1C#N. The summed E-state index contributed by atoms with van der Waals surface area (Å²) in [7, 11) is 0. The fourth-order valence-electron chi connectivity index (χ4n) is 1.45. The van der Waals surface area contributed by atoms with E-state index in [1.807, 2.05) is 6.07 Å². The van der Waals surface area contributed by atoms with Crippen LogP contribution in [0.15, 0.2) is 35.1 Å². The summed E-state index contributed by atoms with van der Waals surface area (Å²) >= 11 is 5.99. The summed E-state index contributed by atoms with van der Waals surface area (Å²) in [6.45, 7) is 1.67. The number of nitriles is 1. The molecule has 4 nitrogen and oxygen atoms in total. The van der Waals surface area contributed by atoms with Crippen molar-refractivity contribution in [3.05, 3.63) is 57.0 Å². The molecule has 0 fully saturated rings. The van der Waals surface area contributed by atoms with Crippen molar-refractivity contribution in [2.45, 2.75) is 6.92 Å². The topological polar surface area (TPSA) is 58.7 Å². The molecule has 0 atom stereocenters. The average molecular weight is 246 g/mol. The number of hydrogen-bond donors (Lipinski definition) is 0. The van der Waals surface area contributed by atoms with Gasteiger partial charge in [-0.25, -0.2) is 0 Å². The summed E-state index contributed by atoms with van der Waals surface area (Å²) < 4.78 is 1.19. The maximum atomic E-state index is 11.8. The highest BCUT2D eigenvalue weighted by atomic mass is 35.5. The molecule has 0 bridgehead atoms. The molecule has 0 radical (unpaired) electrons. The Morgan fingerprint density at radius 2 is 2.12 bits per heavy atom. The van der Waals surface area contributed by atoms with Crippen molar-refractivity contribution < 1.29 is 0 Å². The molecule has 0 saturated heterocycles. The van der Waals surface area contributed by atoms with Gasteiger partial charge in [0.2, 0.25) is 0 Å². The molecule has 1 heterocycles. The normalized spacial score (nSPS) is 9.94. The highest BCUT2D eigenvalue weighted by Gasteiger charge is 2.08. The fourth-order valence-corrected chi connectivity index (χ4v) is 1.67. The molecule has 0 aliphatic carbocycles. The second-order valence-electron chi connectivity index (χ2n) is 3.46. The van der Waals surface area contributed by atoms with E-state index in [0.717, 1.165) is 0 Å². The summed E-state index contributed by atoms with van der Waals surface area (Å²) in [5.41, 5.74) is 0.900. The third-order valence-corrected chi connectivity index (χ3v) is 2.64. The first-order valence-electron chi connectivity index (χ1n) is 4.89. The van der Waals surface area contributed by atoms with E-state index in [2.05, 4.69) is 5.10 Å². The molecule has 84 valence electrons. The Balaban J connectivity index is 2.71. The number of rotatable bonds is 1. The number of aryl methyl sites for hydroxylation is 1. The van der Waals surface area contributed by atoms with E-state index in [9.17, 15) is 4.79 Å². The molecule has 1 aromatic heterocycles. The zero-order valence-corrected chi connectivity index (χ0v) is 9.77. The maximum Gasteiger partial charge on any atom is 0.272 e. The Hall–Kier alpha value is -2.12. The Labute approximate surface area is 103 Å². The first kappa shape index (κ1) is 11.4. The van der Waals surface area contributed by atoms with E-state index in [1.54, 1.807) is 31.2 Å². The molecule has 1 aromatic carbocycles. The molecule has 2 aromatic rings. The van der Waals surface area contributed by atoms with Crippen LogP contribution >= 0.6 is 11.6 Å². The van der Waals surface area contributed by atoms with Gasteiger partial charge in [0.15, 0.2) is 0 Å². The second kappa shape index (κ2) is 4.40. The molecular weight excluding hydrogens is 238 g/mol. The van der Waals surface area contributed by atoms with E-state index < -0.39 is 0 Å². The highest BCUT2D eigenvalue weighted by Crippen LogP contribution is 2.17. The molecule has 0 unspecified atom stereocenters. The highest BCUT2D eigenvalue weighted by molar-refractivity contribution is 6.32. The van der Waals surface area contributed by atoms with Crippen LogP contribution in [0.25, 0.3) is 5.69 Å². The fraction of sp³-hybridized carbons (Fsp3) is 0.0833. The summed E-state index contributed by atoms with van der Waals surface area (Å²) in [4.78, 5) is 11.8. The minimum Gasteiger partial charge on any atom is -0.267 e. The largest absolute Gasteiger partial charge is 0.272 e. The lowest BCUT2D eigenvalue weighted by atomic mass is 10.2. The van der Waals surface area contributed by atoms with Crippen LogP contribution < -0.4 is 5.56 Å². The monoisotopic (exact) mass is 245 g/mol. The molecule has 17 heavy (non-hydrogen) atoms. The van der Waals surface area contributed by atoms with Crippen molar-refractivity contribution >= 4 is 11.6 Å². The van der Waals surface area contributed by atoms with Gasteiger partial charge < -0.3 is 0 Å². The minimum absolute atomic E-state index is 0.276. The van der Waals surface area contributed by atoms with Crippen LogP contribution in [0, 0.1) is 18.3 Å². The van der Waals surface area contributed by atoms with Crippen LogP contribution in [0.2, 0.25) is 5.02 Å². The van der Waals surface area contributed by atoms with Crippen LogP contribution in [0.4, 0.5) is 0 Å². The molecule has 0 amide bonds. The lowest BCUT2D eigenvalue weighted by Gasteiger charge is -2.07. The summed E-state index contributed by atoms with van der Waals surface area (Å²) in [5, 5.41) is 13.3. The van der Waals surface area contributed by atoms with Gasteiger partial charge >= 0.3 is 0 Å². The van der Waals surface area contributed by atoms with Gasteiger partial charge in [-0.1, -0.05) is 23.7 Å². The van der Waals surface area contributed by atoms with Crippen molar-refractivity contribution in [2.24, 2.45) is 0 Å². The third kappa shape index (κ3) is 2.05. The first-order chi connectivity index (χ1) is 8.13. The molecular formula is C12H8ClN3O. The predicted molar refractivity (Wildman–Crippen MR) is 64.3 cm³/mol. The summed E-state index contributed by atoms with van der Waals surface area (Å²) in [5.74, 6) is 0. The van der Waals surface area contributed by atoms with Crippen LogP contribution in [0.5, 0.6) is 0 Å². The van der Waals surface area contributed by atoms with Gasteiger partial charge in [-0.2, -0.15) is 15.0 Å². The number of para-hydroxylation sites is 1. The third-order valence-electron chi connectivity index (χ3n) is 2.32. The van der Waals surface area contributed by atoms with Crippen molar-refractivity contribution in [2.75, 3.05) is 0 Å². The average Bonchev–Trinajstić information content (AvgIpc) is 2.32. The number of nitrogens with zero attached hydrogens (tertiary/aromatic N) is 3. The summed E-state index contributed by atoms with van der Waals surface area (Å²) in [6.07, 6.45) is 0. The van der Waals surface area contributed by atoms with Gasteiger partial charge in [0.1, 0.15) is 6.07 Å². The first-order valence-corrected chi connectivity index (χ1v) is 5.27. The number of aromatic nitrogens is 2. The van der Waals surface area contributed by atoms with Crippen LogP contribution in [0.3, 0.4) is 0 Å². The van der Waals surface area contributed by atoms with Crippen molar-refractivity contribution in [3.63, 3.8) is 0 Å². The minimum atomic E-state index is -0.375. The predicted octanol–water partition coefficient (Wildman–Crippen LogP) is 2.07. The number of hydrogen-bond acceptors (Lipinski definition) is 3. The molecule has 0 saturated carbocycles. The molecule has 2 rings (SSSR count). The smallest absolute Gasteiger partial charge is 0.267 e. The zero-order chi connectivity index (χ0) is 12.4.